The molecular formula is C9H8N2O2. The first-order valence-electron chi connectivity index (χ1n) is 3.89. The molecule has 2 aromatic rings. The summed E-state index contributed by atoms with van der Waals surface area (Å²) in [7, 11) is 1.69. The van der Waals surface area contributed by atoms with Crippen LogP contribution in [0.4, 0.5) is 5.82 Å². The maximum Gasteiger partial charge on any atom is 0.323 e. The van der Waals surface area contributed by atoms with Crippen LogP contribution in [0.15, 0.2) is 30.3 Å². The van der Waals surface area contributed by atoms with Gasteiger partial charge in [0.05, 0.1) is 7.05 Å². The Bertz CT molecular complexity index is 473. The zero-order chi connectivity index (χ0) is 9.42. The first kappa shape index (κ1) is 7.79. The Labute approximate surface area is 74.6 Å². The van der Waals surface area contributed by atoms with E-state index in [0.717, 1.165) is 10.9 Å². The zero-order valence-corrected chi connectivity index (χ0v) is 7.10. The first-order valence-corrected chi connectivity index (χ1v) is 3.89. The van der Waals surface area contributed by atoms with Gasteiger partial charge < -0.3 is 10.1 Å². The molecule has 1 aromatic heterocycles. The molecule has 4 nitrogen and oxygen atoms in total. The molecule has 0 fully saturated rings. The topological polar surface area (TPSA) is 48.1 Å². The molecule has 0 N–H and O–H groups in total. The summed E-state index contributed by atoms with van der Waals surface area (Å²) in [6, 6.07) is 9.04. The van der Waals surface area contributed by atoms with Gasteiger partial charge in [-0.15, -0.1) is 0 Å². The highest BCUT2D eigenvalue weighted by atomic mass is 16.6. The molecular weight excluding hydrogens is 168 g/mol. The second-order valence-corrected chi connectivity index (χ2v) is 2.88. The molecule has 0 amide bonds. The van der Waals surface area contributed by atoms with Crippen molar-refractivity contribution < 1.29 is 4.92 Å². The number of para-hydroxylation sites is 1. The fraction of sp³-hybridized carbons (Fsp3) is 0.111. The normalized spacial score (nSPS) is 10.5. The van der Waals surface area contributed by atoms with Crippen LogP contribution in [0.2, 0.25) is 0 Å². The summed E-state index contributed by atoms with van der Waals surface area (Å²) in [6.07, 6.45) is 0. The molecule has 1 aromatic carbocycles. The summed E-state index contributed by atoms with van der Waals surface area (Å²) < 4.78 is 1.58. The highest BCUT2D eigenvalue weighted by molar-refractivity contribution is 5.83. The van der Waals surface area contributed by atoms with E-state index in [4.69, 9.17) is 0 Å². The Morgan fingerprint density at radius 1 is 1.38 bits per heavy atom. The summed E-state index contributed by atoms with van der Waals surface area (Å²) in [5.41, 5.74) is 0.884. The average molecular weight is 176 g/mol. The largest absolute Gasteiger partial charge is 0.358 e. The van der Waals surface area contributed by atoms with Crippen molar-refractivity contribution in [3.05, 3.63) is 40.4 Å². The average Bonchev–Trinajstić information content (AvgIpc) is 2.45. The molecule has 0 spiro atoms. The predicted molar refractivity (Wildman–Crippen MR) is 49.6 cm³/mol. The van der Waals surface area contributed by atoms with Gasteiger partial charge in [0, 0.05) is 11.5 Å². The molecule has 0 atom stereocenters. The van der Waals surface area contributed by atoms with Crippen molar-refractivity contribution in [1.29, 1.82) is 0 Å². The van der Waals surface area contributed by atoms with Crippen LogP contribution >= 0.6 is 0 Å². The highest BCUT2D eigenvalue weighted by Gasteiger charge is 2.13. The van der Waals surface area contributed by atoms with Crippen molar-refractivity contribution in [2.24, 2.45) is 7.05 Å². The van der Waals surface area contributed by atoms with Crippen molar-refractivity contribution in [3.63, 3.8) is 0 Å². The SMILES string of the molecule is Cn1c([N+](=O)[O-])cc2ccccc21. The summed E-state index contributed by atoms with van der Waals surface area (Å²) in [6.45, 7) is 0. The Morgan fingerprint density at radius 2 is 2.08 bits per heavy atom. The third-order valence-corrected chi connectivity index (χ3v) is 2.11. The monoisotopic (exact) mass is 176 g/mol. The molecule has 0 aliphatic carbocycles. The fourth-order valence-electron chi connectivity index (χ4n) is 1.45. The smallest absolute Gasteiger partial charge is 0.323 e. The number of benzene rings is 1. The van der Waals surface area contributed by atoms with E-state index < -0.39 is 0 Å². The lowest BCUT2D eigenvalue weighted by atomic mass is 10.2. The molecule has 2 rings (SSSR count). The van der Waals surface area contributed by atoms with Crippen molar-refractivity contribution in [1.82, 2.24) is 4.57 Å². The molecule has 0 saturated carbocycles. The number of hydrogen-bond acceptors (Lipinski definition) is 2. The number of aryl methyl sites for hydroxylation is 1. The van der Waals surface area contributed by atoms with Gasteiger partial charge in [0.25, 0.3) is 0 Å². The van der Waals surface area contributed by atoms with E-state index in [1.54, 1.807) is 17.7 Å². The van der Waals surface area contributed by atoms with Crippen LogP contribution in [0.25, 0.3) is 10.9 Å². The van der Waals surface area contributed by atoms with Gasteiger partial charge in [-0.25, -0.2) is 4.57 Å². The van der Waals surface area contributed by atoms with Crippen molar-refractivity contribution in [2.75, 3.05) is 0 Å². The van der Waals surface area contributed by atoms with Crippen molar-refractivity contribution in [2.45, 2.75) is 0 Å². The minimum atomic E-state index is -0.375. The van der Waals surface area contributed by atoms with E-state index >= 15 is 0 Å². The standard InChI is InChI=1S/C9H8N2O2/c1-10-8-5-3-2-4-7(8)6-9(10)11(12)13/h2-6H,1H3. The second-order valence-electron chi connectivity index (χ2n) is 2.88. The molecule has 0 saturated heterocycles. The molecule has 0 radical (unpaired) electrons. The summed E-state index contributed by atoms with van der Waals surface area (Å²) in [5.74, 6) is 0.126. The fourth-order valence-corrected chi connectivity index (χ4v) is 1.45. The van der Waals surface area contributed by atoms with Gasteiger partial charge in [-0.1, -0.05) is 18.2 Å². The quantitative estimate of drug-likeness (QED) is 0.493. The number of hydrogen-bond donors (Lipinski definition) is 0. The number of aromatic nitrogens is 1. The Hall–Kier alpha value is -1.84. The minimum absolute atomic E-state index is 0.126. The van der Waals surface area contributed by atoms with Gasteiger partial charge in [0.15, 0.2) is 0 Å². The van der Waals surface area contributed by atoms with Crippen LogP contribution in [0.1, 0.15) is 0 Å². The minimum Gasteiger partial charge on any atom is -0.358 e. The summed E-state index contributed by atoms with van der Waals surface area (Å²) in [4.78, 5) is 10.2. The van der Waals surface area contributed by atoms with E-state index in [1.807, 2.05) is 24.3 Å². The van der Waals surface area contributed by atoms with E-state index in [0.29, 0.717) is 0 Å². The van der Waals surface area contributed by atoms with Crippen LogP contribution in [0, 0.1) is 10.1 Å². The number of nitrogens with zero attached hydrogens (tertiary/aromatic N) is 2. The first-order chi connectivity index (χ1) is 6.20. The van der Waals surface area contributed by atoms with Crippen molar-refractivity contribution >= 4 is 16.7 Å². The molecule has 66 valence electrons. The van der Waals surface area contributed by atoms with Crippen LogP contribution in [-0.2, 0) is 7.05 Å². The molecule has 0 aliphatic rings. The van der Waals surface area contributed by atoms with E-state index in [9.17, 15) is 10.1 Å². The molecule has 0 unspecified atom stereocenters. The zero-order valence-electron chi connectivity index (χ0n) is 7.10. The lowest BCUT2D eigenvalue weighted by Crippen LogP contribution is -1.95. The van der Waals surface area contributed by atoms with Crippen LogP contribution in [0.3, 0.4) is 0 Å². The van der Waals surface area contributed by atoms with E-state index in [-0.39, 0.29) is 10.7 Å². The number of nitro groups is 1. The molecule has 0 bridgehead atoms. The van der Waals surface area contributed by atoms with Crippen LogP contribution in [-0.4, -0.2) is 9.49 Å². The van der Waals surface area contributed by atoms with Crippen molar-refractivity contribution in [3.8, 4) is 0 Å². The third kappa shape index (κ3) is 1.07. The summed E-state index contributed by atoms with van der Waals surface area (Å²) in [5, 5.41) is 11.5. The lowest BCUT2D eigenvalue weighted by molar-refractivity contribution is -0.391. The molecule has 1 heterocycles. The van der Waals surface area contributed by atoms with E-state index in [1.165, 1.54) is 0 Å². The molecule has 0 aliphatic heterocycles. The number of fused-ring (bicyclic) bond motifs is 1. The van der Waals surface area contributed by atoms with Gasteiger partial charge in [-0.05, 0) is 11.0 Å². The maximum absolute atomic E-state index is 10.6. The Morgan fingerprint density at radius 3 is 2.69 bits per heavy atom. The van der Waals surface area contributed by atoms with Gasteiger partial charge in [-0.2, -0.15) is 0 Å². The lowest BCUT2D eigenvalue weighted by Gasteiger charge is -1.93. The van der Waals surface area contributed by atoms with Gasteiger partial charge >= 0.3 is 5.82 Å². The van der Waals surface area contributed by atoms with Crippen LogP contribution in [0.5, 0.6) is 0 Å². The summed E-state index contributed by atoms with van der Waals surface area (Å²) >= 11 is 0. The number of rotatable bonds is 1. The molecule has 13 heavy (non-hydrogen) atoms. The molecule has 4 heteroatoms. The highest BCUT2D eigenvalue weighted by Crippen LogP contribution is 2.23. The van der Waals surface area contributed by atoms with Gasteiger partial charge in [0.1, 0.15) is 5.52 Å². The Balaban J connectivity index is 2.81. The second kappa shape index (κ2) is 2.58. The van der Waals surface area contributed by atoms with E-state index in [2.05, 4.69) is 0 Å². The maximum atomic E-state index is 10.6. The van der Waals surface area contributed by atoms with Gasteiger partial charge in [0.2, 0.25) is 0 Å². The third-order valence-electron chi connectivity index (χ3n) is 2.11. The van der Waals surface area contributed by atoms with Gasteiger partial charge in [-0.3, -0.25) is 0 Å². The van der Waals surface area contributed by atoms with Crippen LogP contribution < -0.4 is 0 Å². The Kier molecular flexibility index (Phi) is 1.55. The predicted octanol–water partition coefficient (Wildman–Crippen LogP) is 2.09.